The molecule has 24 heavy (non-hydrogen) atoms. The molecule has 0 saturated heterocycles. The maximum absolute atomic E-state index is 12.8. The first-order valence-electron chi connectivity index (χ1n) is 7.87. The lowest BCUT2D eigenvalue weighted by atomic mass is 9.97. The number of aryl methyl sites for hydroxylation is 1. The van der Waals surface area contributed by atoms with Crippen molar-refractivity contribution in [2.75, 3.05) is 11.4 Å². The largest absolute Gasteiger partial charge is 0.425 e. The molecule has 4 rings (SSSR count). The van der Waals surface area contributed by atoms with E-state index in [1.165, 1.54) is 0 Å². The maximum atomic E-state index is 12.8. The molecule has 1 aliphatic heterocycles. The third-order valence-corrected chi connectivity index (χ3v) is 4.20. The molecule has 0 spiro atoms. The molecule has 0 N–H and O–H groups in total. The van der Waals surface area contributed by atoms with Crippen LogP contribution in [0.2, 0.25) is 0 Å². The number of nitrogens with zero attached hydrogens (tertiary/aromatic N) is 5. The van der Waals surface area contributed by atoms with Crippen LogP contribution < -0.4 is 4.90 Å². The topological polar surface area (TPSA) is 77.1 Å². The van der Waals surface area contributed by atoms with Crippen LogP contribution >= 0.6 is 0 Å². The highest BCUT2D eigenvalue weighted by molar-refractivity contribution is 5.95. The van der Waals surface area contributed by atoms with Gasteiger partial charge in [0.1, 0.15) is 6.42 Å². The van der Waals surface area contributed by atoms with E-state index in [0.29, 0.717) is 18.3 Å². The lowest BCUT2D eigenvalue weighted by Crippen LogP contribution is -2.41. The summed E-state index contributed by atoms with van der Waals surface area (Å²) < 4.78 is 7.25. The molecule has 0 bridgehead atoms. The summed E-state index contributed by atoms with van der Waals surface area (Å²) in [6.07, 6.45) is 4.64. The minimum atomic E-state index is -0.0528. The minimum absolute atomic E-state index is 0.0528. The van der Waals surface area contributed by atoms with Gasteiger partial charge in [0.05, 0.1) is 6.04 Å². The summed E-state index contributed by atoms with van der Waals surface area (Å²) in [4.78, 5) is 14.6. The van der Waals surface area contributed by atoms with E-state index in [9.17, 15) is 4.79 Å². The van der Waals surface area contributed by atoms with Crippen LogP contribution in [0.4, 0.5) is 5.69 Å². The molecule has 1 atom stereocenters. The number of carbonyl (C=O) groups excluding carboxylic acids is 1. The maximum Gasteiger partial charge on any atom is 0.236 e. The van der Waals surface area contributed by atoms with Crippen molar-refractivity contribution in [3.8, 4) is 0 Å². The zero-order chi connectivity index (χ0) is 16.5. The first-order chi connectivity index (χ1) is 11.7. The third kappa shape index (κ3) is 2.68. The summed E-state index contributed by atoms with van der Waals surface area (Å²) in [6.45, 7) is 2.29. The SMILES string of the molecule is Cc1nnc(CC(=O)N2C[C@@H](n3cccn3)Cc3ccccc32)o1. The van der Waals surface area contributed by atoms with Gasteiger partial charge >= 0.3 is 0 Å². The monoisotopic (exact) mass is 323 g/mol. The number of fused-ring (bicyclic) bond motifs is 1. The third-order valence-electron chi connectivity index (χ3n) is 4.20. The van der Waals surface area contributed by atoms with Crippen molar-refractivity contribution in [3.63, 3.8) is 0 Å². The Morgan fingerprint density at radius 1 is 1.29 bits per heavy atom. The number of para-hydroxylation sites is 1. The van der Waals surface area contributed by atoms with Crippen LogP contribution in [0.25, 0.3) is 0 Å². The fraction of sp³-hybridized carbons (Fsp3) is 0.294. The van der Waals surface area contributed by atoms with E-state index in [-0.39, 0.29) is 18.4 Å². The lowest BCUT2D eigenvalue weighted by Gasteiger charge is -2.34. The van der Waals surface area contributed by atoms with Crippen LogP contribution in [0.15, 0.2) is 47.1 Å². The quantitative estimate of drug-likeness (QED) is 0.736. The number of benzene rings is 1. The van der Waals surface area contributed by atoms with Crippen molar-refractivity contribution in [1.82, 2.24) is 20.0 Å². The van der Waals surface area contributed by atoms with E-state index >= 15 is 0 Å². The zero-order valence-corrected chi connectivity index (χ0v) is 13.3. The van der Waals surface area contributed by atoms with E-state index in [1.54, 1.807) is 18.0 Å². The van der Waals surface area contributed by atoms with Gasteiger partial charge in [-0.15, -0.1) is 10.2 Å². The molecule has 1 aromatic carbocycles. The molecule has 2 aromatic heterocycles. The van der Waals surface area contributed by atoms with Crippen LogP contribution in [0.5, 0.6) is 0 Å². The molecule has 3 heterocycles. The number of hydrogen-bond acceptors (Lipinski definition) is 5. The summed E-state index contributed by atoms with van der Waals surface area (Å²) in [7, 11) is 0. The fourth-order valence-corrected chi connectivity index (χ4v) is 3.12. The Labute approximate surface area is 138 Å². The molecule has 0 saturated carbocycles. The number of hydrogen-bond donors (Lipinski definition) is 0. The molecular formula is C17H17N5O2. The summed E-state index contributed by atoms with van der Waals surface area (Å²) in [5.74, 6) is 0.755. The van der Waals surface area contributed by atoms with E-state index in [2.05, 4.69) is 21.4 Å². The normalized spacial score (nSPS) is 16.9. The Kier molecular flexibility index (Phi) is 3.60. The lowest BCUT2D eigenvalue weighted by molar-refractivity contribution is -0.118. The Hall–Kier alpha value is -2.96. The van der Waals surface area contributed by atoms with Gasteiger partial charge in [0, 0.05) is 31.5 Å². The van der Waals surface area contributed by atoms with Gasteiger partial charge in [0.25, 0.3) is 0 Å². The molecule has 7 nitrogen and oxygen atoms in total. The van der Waals surface area contributed by atoms with Gasteiger partial charge in [-0.3, -0.25) is 9.48 Å². The van der Waals surface area contributed by atoms with Crippen molar-refractivity contribution >= 4 is 11.6 Å². The Bertz CT molecular complexity index is 856. The van der Waals surface area contributed by atoms with E-state index in [4.69, 9.17) is 4.42 Å². The van der Waals surface area contributed by atoms with E-state index in [0.717, 1.165) is 17.7 Å². The summed E-state index contributed by atoms with van der Waals surface area (Å²) in [6, 6.07) is 9.99. The van der Waals surface area contributed by atoms with Gasteiger partial charge in [-0.1, -0.05) is 18.2 Å². The molecule has 1 aliphatic rings. The highest BCUT2D eigenvalue weighted by Gasteiger charge is 2.30. The molecular weight excluding hydrogens is 306 g/mol. The second-order valence-corrected chi connectivity index (χ2v) is 5.87. The Morgan fingerprint density at radius 2 is 2.17 bits per heavy atom. The molecule has 1 amide bonds. The van der Waals surface area contributed by atoms with Crippen molar-refractivity contribution in [2.24, 2.45) is 0 Å². The van der Waals surface area contributed by atoms with Crippen molar-refractivity contribution < 1.29 is 9.21 Å². The summed E-state index contributed by atoms with van der Waals surface area (Å²) in [5.41, 5.74) is 2.08. The van der Waals surface area contributed by atoms with Crippen LogP contribution in [0, 0.1) is 6.92 Å². The van der Waals surface area contributed by atoms with Crippen LogP contribution in [-0.4, -0.2) is 32.4 Å². The van der Waals surface area contributed by atoms with Crippen LogP contribution in [0.3, 0.4) is 0 Å². The fourth-order valence-electron chi connectivity index (χ4n) is 3.12. The first kappa shape index (κ1) is 14.6. The van der Waals surface area contributed by atoms with Crippen molar-refractivity contribution in [1.29, 1.82) is 0 Å². The molecule has 3 aromatic rings. The van der Waals surface area contributed by atoms with Gasteiger partial charge in [0.2, 0.25) is 17.7 Å². The molecule has 0 fully saturated rings. The van der Waals surface area contributed by atoms with Crippen molar-refractivity contribution in [3.05, 3.63) is 60.1 Å². The molecule has 122 valence electrons. The van der Waals surface area contributed by atoms with Gasteiger partial charge in [-0.05, 0) is 24.1 Å². The van der Waals surface area contributed by atoms with E-state index in [1.807, 2.05) is 35.1 Å². The van der Waals surface area contributed by atoms with Gasteiger partial charge in [-0.2, -0.15) is 5.10 Å². The van der Waals surface area contributed by atoms with Crippen molar-refractivity contribution in [2.45, 2.75) is 25.8 Å². The van der Waals surface area contributed by atoms with Gasteiger partial charge < -0.3 is 9.32 Å². The summed E-state index contributed by atoms with van der Waals surface area (Å²) in [5, 5.41) is 12.0. The average Bonchev–Trinajstić information content (AvgIpc) is 3.25. The summed E-state index contributed by atoms with van der Waals surface area (Å²) >= 11 is 0. The number of carbonyl (C=O) groups is 1. The smallest absolute Gasteiger partial charge is 0.236 e. The Balaban J connectivity index is 1.63. The van der Waals surface area contributed by atoms with Gasteiger partial charge in [0.15, 0.2) is 0 Å². The van der Waals surface area contributed by atoms with E-state index < -0.39 is 0 Å². The minimum Gasteiger partial charge on any atom is -0.425 e. The number of rotatable bonds is 3. The second-order valence-electron chi connectivity index (χ2n) is 5.87. The first-order valence-corrected chi connectivity index (χ1v) is 7.87. The molecule has 7 heteroatoms. The molecule has 0 unspecified atom stereocenters. The number of aromatic nitrogens is 4. The van der Waals surface area contributed by atoms with Crippen LogP contribution in [-0.2, 0) is 17.6 Å². The number of amides is 1. The predicted molar refractivity (Wildman–Crippen MR) is 86.5 cm³/mol. The van der Waals surface area contributed by atoms with Gasteiger partial charge in [-0.25, -0.2) is 0 Å². The second kappa shape index (κ2) is 5.92. The molecule has 0 aliphatic carbocycles. The zero-order valence-electron chi connectivity index (χ0n) is 13.3. The predicted octanol–water partition coefficient (Wildman–Crippen LogP) is 1.95. The van der Waals surface area contributed by atoms with Crippen LogP contribution in [0.1, 0.15) is 23.4 Å². The Morgan fingerprint density at radius 3 is 2.92 bits per heavy atom. The highest BCUT2D eigenvalue weighted by atomic mass is 16.4. The highest BCUT2D eigenvalue weighted by Crippen LogP contribution is 2.31. The standard InChI is InChI=1S/C17H17N5O2/c1-12-19-20-16(24-12)10-17(23)21-11-14(22-8-4-7-18-22)9-13-5-2-3-6-15(13)21/h2-8,14H,9-11H2,1H3/t14-/m0/s1. The number of anilines is 1. The molecule has 0 radical (unpaired) electrons. The average molecular weight is 323 g/mol.